The Balaban J connectivity index is 2.03. The van der Waals surface area contributed by atoms with Crippen LogP contribution in [0.4, 0.5) is 20.6 Å². The Kier molecular flexibility index (Phi) is 7.68. The predicted octanol–water partition coefficient (Wildman–Crippen LogP) is 4.99. The topological polar surface area (TPSA) is 101 Å². The molecule has 3 aromatic rings. The van der Waals surface area contributed by atoms with Gasteiger partial charge in [0.2, 0.25) is 0 Å². The summed E-state index contributed by atoms with van der Waals surface area (Å²) in [5.41, 5.74) is 2.18. The molecule has 3 N–H and O–H groups in total. The second kappa shape index (κ2) is 10.4. The molecule has 0 unspecified atom stereocenters. The highest BCUT2D eigenvalue weighted by atomic mass is 79.9. The number of hydrogen-bond donors (Lipinski definition) is 3. The number of nitrogens with zero attached hydrogens (tertiary/aromatic N) is 2. The molecule has 0 saturated carbocycles. The van der Waals surface area contributed by atoms with Gasteiger partial charge >= 0.3 is 11.8 Å². The largest absolute Gasteiger partial charge is 0.446 e. The lowest BCUT2D eigenvalue weighted by atomic mass is 10.1. The van der Waals surface area contributed by atoms with E-state index in [0.717, 1.165) is 12.1 Å². The van der Waals surface area contributed by atoms with Crippen molar-refractivity contribution in [1.82, 2.24) is 15.0 Å². The molecule has 3 rings (SSSR count). The van der Waals surface area contributed by atoms with Crippen molar-refractivity contribution in [3.8, 4) is 17.1 Å². The number of rotatable bonds is 8. The number of benzene rings is 2. The van der Waals surface area contributed by atoms with Crippen LogP contribution in [-0.2, 0) is 0 Å². The molecular weight excluding hydrogens is 481 g/mol. The number of nitrogens with one attached hydrogen (secondary N) is 3. The van der Waals surface area contributed by atoms with Gasteiger partial charge in [-0.3, -0.25) is 4.52 Å². The SMILES string of the molecule is CCCNC(=O)Nc1cc(-c2noc(=O)n2-c2ccc(F)c(Br)c2)ccc1NCC(C)C. The van der Waals surface area contributed by atoms with Crippen LogP contribution in [0.1, 0.15) is 27.2 Å². The van der Waals surface area contributed by atoms with Gasteiger partial charge in [-0.2, -0.15) is 0 Å². The van der Waals surface area contributed by atoms with Crippen molar-refractivity contribution in [2.75, 3.05) is 23.7 Å². The van der Waals surface area contributed by atoms with Gasteiger partial charge in [0.15, 0.2) is 5.82 Å². The van der Waals surface area contributed by atoms with Gasteiger partial charge in [0.05, 0.1) is 21.5 Å². The first kappa shape index (κ1) is 23.5. The summed E-state index contributed by atoms with van der Waals surface area (Å²) in [6.07, 6.45) is 0.810. The highest BCUT2D eigenvalue weighted by Crippen LogP contribution is 2.30. The average Bonchev–Trinajstić information content (AvgIpc) is 3.14. The van der Waals surface area contributed by atoms with Gasteiger partial charge in [-0.25, -0.2) is 18.5 Å². The van der Waals surface area contributed by atoms with Crippen LogP contribution < -0.4 is 21.7 Å². The number of anilines is 2. The van der Waals surface area contributed by atoms with E-state index in [-0.39, 0.29) is 16.3 Å². The minimum absolute atomic E-state index is 0.206. The van der Waals surface area contributed by atoms with E-state index in [1.807, 2.05) is 6.92 Å². The number of urea groups is 1. The molecule has 170 valence electrons. The summed E-state index contributed by atoms with van der Waals surface area (Å²) in [5, 5.41) is 12.8. The quantitative estimate of drug-likeness (QED) is 0.400. The summed E-state index contributed by atoms with van der Waals surface area (Å²) in [4.78, 5) is 24.7. The van der Waals surface area contributed by atoms with Crippen molar-refractivity contribution in [1.29, 1.82) is 0 Å². The van der Waals surface area contributed by atoms with Gasteiger partial charge in [0.25, 0.3) is 0 Å². The van der Waals surface area contributed by atoms with Crippen LogP contribution in [0.2, 0.25) is 0 Å². The molecule has 8 nitrogen and oxygen atoms in total. The summed E-state index contributed by atoms with van der Waals surface area (Å²) in [7, 11) is 0. The van der Waals surface area contributed by atoms with Crippen LogP contribution >= 0.6 is 15.9 Å². The highest BCUT2D eigenvalue weighted by molar-refractivity contribution is 9.10. The number of carbonyl (C=O) groups excluding carboxylic acids is 1. The molecule has 10 heteroatoms. The third kappa shape index (κ3) is 5.56. The summed E-state index contributed by atoms with van der Waals surface area (Å²) in [6.45, 7) is 7.38. The van der Waals surface area contributed by atoms with Crippen LogP contribution in [0, 0.1) is 11.7 Å². The first-order chi connectivity index (χ1) is 15.3. The van der Waals surface area contributed by atoms with E-state index >= 15 is 0 Å². The zero-order valence-electron chi connectivity index (χ0n) is 18.0. The predicted molar refractivity (Wildman–Crippen MR) is 126 cm³/mol. The van der Waals surface area contributed by atoms with Crippen molar-refractivity contribution in [2.45, 2.75) is 27.2 Å². The Labute approximate surface area is 193 Å². The third-order valence-corrected chi connectivity index (χ3v) is 5.14. The Bertz CT molecular complexity index is 1160. The molecule has 2 aromatic carbocycles. The number of amides is 2. The Morgan fingerprint density at radius 2 is 2.00 bits per heavy atom. The van der Waals surface area contributed by atoms with Crippen LogP contribution in [0.5, 0.6) is 0 Å². The third-order valence-electron chi connectivity index (χ3n) is 4.53. The van der Waals surface area contributed by atoms with Crippen LogP contribution in [0.15, 0.2) is 50.2 Å². The van der Waals surface area contributed by atoms with Crippen molar-refractivity contribution < 1.29 is 13.7 Å². The van der Waals surface area contributed by atoms with E-state index < -0.39 is 11.6 Å². The highest BCUT2D eigenvalue weighted by Gasteiger charge is 2.18. The minimum atomic E-state index is -0.712. The Hall–Kier alpha value is -3.14. The van der Waals surface area contributed by atoms with Crippen molar-refractivity contribution in [3.05, 3.63) is 57.2 Å². The monoisotopic (exact) mass is 505 g/mol. The van der Waals surface area contributed by atoms with Gasteiger partial charge in [-0.1, -0.05) is 25.9 Å². The lowest BCUT2D eigenvalue weighted by Gasteiger charge is -2.16. The van der Waals surface area contributed by atoms with Gasteiger partial charge < -0.3 is 16.0 Å². The fraction of sp³-hybridized carbons (Fsp3) is 0.318. The Morgan fingerprint density at radius 1 is 1.22 bits per heavy atom. The second-order valence-corrected chi connectivity index (χ2v) is 8.48. The summed E-state index contributed by atoms with van der Waals surface area (Å²) in [5.74, 6) is -0.546. The molecule has 0 aliphatic rings. The lowest BCUT2D eigenvalue weighted by molar-refractivity contribution is 0.252. The van der Waals surface area contributed by atoms with Gasteiger partial charge in [-0.05, 0) is 64.7 Å². The van der Waals surface area contributed by atoms with Crippen LogP contribution in [-0.4, -0.2) is 28.8 Å². The fourth-order valence-electron chi connectivity index (χ4n) is 2.94. The molecule has 0 saturated heterocycles. The first-order valence-corrected chi connectivity index (χ1v) is 11.1. The van der Waals surface area contributed by atoms with Crippen molar-refractivity contribution in [2.24, 2.45) is 5.92 Å². The normalized spacial score (nSPS) is 10.9. The molecule has 0 bridgehead atoms. The number of halogens is 2. The smallest absolute Gasteiger partial charge is 0.383 e. The zero-order chi connectivity index (χ0) is 23.3. The molecular formula is C22H25BrFN5O3. The maximum Gasteiger partial charge on any atom is 0.446 e. The van der Waals surface area contributed by atoms with Crippen LogP contribution in [0.25, 0.3) is 17.1 Å². The zero-order valence-corrected chi connectivity index (χ0v) is 19.6. The van der Waals surface area contributed by atoms with E-state index in [2.05, 4.69) is 50.9 Å². The molecule has 1 heterocycles. The summed E-state index contributed by atoms with van der Waals surface area (Å²) >= 11 is 3.13. The molecule has 0 aliphatic carbocycles. The van der Waals surface area contributed by atoms with Gasteiger partial charge in [0.1, 0.15) is 5.82 Å². The van der Waals surface area contributed by atoms with E-state index in [9.17, 15) is 14.0 Å². The number of carbonyl (C=O) groups is 1. The number of hydrogen-bond acceptors (Lipinski definition) is 5. The molecule has 0 fully saturated rings. The minimum Gasteiger partial charge on any atom is -0.383 e. The van der Waals surface area contributed by atoms with E-state index in [0.29, 0.717) is 35.9 Å². The lowest BCUT2D eigenvalue weighted by Crippen LogP contribution is -2.29. The van der Waals surface area contributed by atoms with Gasteiger partial charge in [-0.15, -0.1) is 0 Å². The van der Waals surface area contributed by atoms with Gasteiger partial charge in [0, 0.05) is 18.7 Å². The molecule has 32 heavy (non-hydrogen) atoms. The fourth-order valence-corrected chi connectivity index (χ4v) is 3.31. The maximum absolute atomic E-state index is 13.7. The second-order valence-electron chi connectivity index (χ2n) is 7.62. The van der Waals surface area contributed by atoms with Crippen molar-refractivity contribution in [3.63, 3.8) is 0 Å². The van der Waals surface area contributed by atoms with E-state index in [1.165, 1.54) is 22.8 Å². The summed E-state index contributed by atoms with van der Waals surface area (Å²) < 4.78 is 20.0. The molecule has 2 amide bonds. The maximum atomic E-state index is 13.7. The van der Waals surface area contributed by atoms with E-state index in [1.54, 1.807) is 18.2 Å². The van der Waals surface area contributed by atoms with Crippen molar-refractivity contribution >= 4 is 33.3 Å². The summed E-state index contributed by atoms with van der Waals surface area (Å²) in [6, 6.07) is 9.11. The first-order valence-electron chi connectivity index (χ1n) is 10.3. The molecule has 0 aliphatic heterocycles. The molecule has 0 spiro atoms. The standard InChI is InChI=1S/C22H25BrFN5O3/c1-4-9-25-21(30)27-19-10-14(5-8-18(19)26-12-13(2)3)20-28-32-22(31)29(20)15-6-7-17(24)16(23)11-15/h5-8,10-11,13,26H,4,9,12H2,1-3H3,(H2,25,27,30). The van der Waals surface area contributed by atoms with E-state index in [4.69, 9.17) is 4.52 Å². The molecule has 1 aromatic heterocycles. The Morgan fingerprint density at radius 3 is 2.69 bits per heavy atom. The molecule has 0 atom stereocenters. The number of aromatic nitrogens is 2. The van der Waals surface area contributed by atoms with Crippen LogP contribution in [0.3, 0.4) is 0 Å². The molecule has 0 radical (unpaired) electrons. The average molecular weight is 506 g/mol.